The van der Waals surface area contributed by atoms with Crippen molar-refractivity contribution in [2.24, 2.45) is 5.73 Å². The van der Waals surface area contributed by atoms with Gasteiger partial charge in [-0.1, -0.05) is 0 Å². The van der Waals surface area contributed by atoms with Crippen molar-refractivity contribution in [3.05, 3.63) is 24.0 Å². The summed E-state index contributed by atoms with van der Waals surface area (Å²) in [7, 11) is 0. The minimum atomic E-state index is -4.48. The second-order valence-corrected chi connectivity index (χ2v) is 7.02. The number of nitrogens with one attached hydrogen (secondary N) is 1. The van der Waals surface area contributed by atoms with E-state index in [0.717, 1.165) is 11.0 Å². The molecule has 1 aromatic carbocycles. The Bertz CT molecular complexity index is 770. The first-order valence-corrected chi connectivity index (χ1v) is 9.20. The van der Waals surface area contributed by atoms with E-state index in [9.17, 15) is 27.2 Å². The molecule has 2 fully saturated rings. The first kappa shape index (κ1) is 21.5. The molecule has 0 spiro atoms. The van der Waals surface area contributed by atoms with Crippen LogP contribution in [0.15, 0.2) is 18.2 Å². The van der Waals surface area contributed by atoms with Crippen LogP contribution in [0, 0.1) is 5.82 Å². The topological polar surface area (TPSA) is 87.9 Å². The SMILES string of the molecule is NC[C@@H](C(=O)Nc1ccc(N2CCOCC2=O)cc1F)N(CC(F)(F)F)C1CC1. The van der Waals surface area contributed by atoms with Gasteiger partial charge in [0.2, 0.25) is 5.91 Å². The highest BCUT2D eigenvalue weighted by Gasteiger charge is 2.43. The molecule has 0 radical (unpaired) electrons. The van der Waals surface area contributed by atoms with Gasteiger partial charge in [0.05, 0.1) is 18.8 Å². The van der Waals surface area contributed by atoms with E-state index in [1.807, 2.05) is 0 Å². The van der Waals surface area contributed by atoms with Gasteiger partial charge >= 0.3 is 6.18 Å². The zero-order chi connectivity index (χ0) is 21.2. The van der Waals surface area contributed by atoms with E-state index in [1.54, 1.807) is 0 Å². The second-order valence-electron chi connectivity index (χ2n) is 7.02. The maximum atomic E-state index is 14.5. The van der Waals surface area contributed by atoms with Gasteiger partial charge in [0, 0.05) is 24.8 Å². The Labute approximate surface area is 164 Å². The number of amides is 2. The fraction of sp³-hybridized carbons (Fsp3) is 0.556. The van der Waals surface area contributed by atoms with E-state index in [4.69, 9.17) is 10.5 Å². The molecule has 0 unspecified atom stereocenters. The summed E-state index contributed by atoms with van der Waals surface area (Å²) in [4.78, 5) is 26.8. The molecule has 1 aromatic rings. The summed E-state index contributed by atoms with van der Waals surface area (Å²) in [6, 6.07) is 2.21. The Morgan fingerprint density at radius 2 is 2.10 bits per heavy atom. The fourth-order valence-electron chi connectivity index (χ4n) is 3.28. The lowest BCUT2D eigenvalue weighted by atomic mass is 10.2. The third-order valence-corrected chi connectivity index (χ3v) is 4.81. The van der Waals surface area contributed by atoms with Gasteiger partial charge in [-0.15, -0.1) is 0 Å². The first-order chi connectivity index (χ1) is 13.7. The number of halogens is 4. The molecular formula is C18H22F4N4O3. The molecule has 1 heterocycles. The number of hydrogen-bond donors (Lipinski definition) is 2. The molecule has 3 N–H and O–H groups in total. The molecule has 2 aliphatic rings. The number of carbonyl (C=O) groups excluding carboxylic acids is 2. The third kappa shape index (κ3) is 5.43. The van der Waals surface area contributed by atoms with Crippen molar-refractivity contribution in [2.75, 3.05) is 43.1 Å². The molecule has 29 heavy (non-hydrogen) atoms. The number of morpholine rings is 1. The molecule has 1 atom stereocenters. The number of anilines is 2. The normalized spacial score (nSPS) is 18.8. The quantitative estimate of drug-likeness (QED) is 0.655. The van der Waals surface area contributed by atoms with Gasteiger partial charge in [-0.05, 0) is 31.0 Å². The van der Waals surface area contributed by atoms with Crippen LogP contribution in [0.5, 0.6) is 0 Å². The van der Waals surface area contributed by atoms with Crippen LogP contribution in [0.1, 0.15) is 12.8 Å². The summed E-state index contributed by atoms with van der Waals surface area (Å²) in [6.07, 6.45) is -3.37. The van der Waals surface area contributed by atoms with Crippen molar-refractivity contribution in [1.82, 2.24) is 4.90 Å². The highest BCUT2D eigenvalue weighted by Crippen LogP contribution is 2.32. The van der Waals surface area contributed by atoms with E-state index < -0.39 is 30.5 Å². The first-order valence-electron chi connectivity index (χ1n) is 9.20. The van der Waals surface area contributed by atoms with Crippen molar-refractivity contribution in [1.29, 1.82) is 0 Å². The van der Waals surface area contributed by atoms with Crippen molar-refractivity contribution in [2.45, 2.75) is 31.1 Å². The molecule has 1 saturated heterocycles. The molecule has 1 aliphatic heterocycles. The van der Waals surface area contributed by atoms with E-state index in [1.165, 1.54) is 17.0 Å². The maximum Gasteiger partial charge on any atom is 0.401 e. The lowest BCUT2D eigenvalue weighted by molar-refractivity contribution is -0.154. The smallest absolute Gasteiger partial charge is 0.370 e. The van der Waals surface area contributed by atoms with Gasteiger partial charge in [-0.3, -0.25) is 14.5 Å². The molecule has 1 aliphatic carbocycles. The fourth-order valence-corrected chi connectivity index (χ4v) is 3.28. The van der Waals surface area contributed by atoms with Crippen molar-refractivity contribution in [3.8, 4) is 0 Å². The van der Waals surface area contributed by atoms with Crippen LogP contribution in [0.4, 0.5) is 28.9 Å². The van der Waals surface area contributed by atoms with Crippen LogP contribution in [0.3, 0.4) is 0 Å². The van der Waals surface area contributed by atoms with Crippen LogP contribution in [-0.4, -0.2) is 67.8 Å². The van der Waals surface area contributed by atoms with Crippen molar-refractivity contribution < 1.29 is 31.9 Å². The number of rotatable bonds is 7. The van der Waals surface area contributed by atoms with Crippen LogP contribution >= 0.6 is 0 Å². The monoisotopic (exact) mass is 418 g/mol. The lowest BCUT2D eigenvalue weighted by Crippen LogP contribution is -2.52. The summed E-state index contributed by atoms with van der Waals surface area (Å²) in [5.74, 6) is -1.93. The van der Waals surface area contributed by atoms with Crippen LogP contribution in [0.2, 0.25) is 0 Å². The zero-order valence-corrected chi connectivity index (χ0v) is 15.5. The zero-order valence-electron chi connectivity index (χ0n) is 15.5. The maximum absolute atomic E-state index is 14.5. The number of hydrogen-bond acceptors (Lipinski definition) is 5. The molecule has 160 valence electrons. The Kier molecular flexibility index (Phi) is 6.39. The van der Waals surface area contributed by atoms with Gasteiger partial charge < -0.3 is 20.7 Å². The molecular weight excluding hydrogens is 396 g/mol. The Morgan fingerprint density at radius 3 is 2.66 bits per heavy atom. The van der Waals surface area contributed by atoms with Gasteiger partial charge in [0.15, 0.2) is 0 Å². The number of carbonyl (C=O) groups is 2. The minimum Gasteiger partial charge on any atom is -0.370 e. The number of alkyl halides is 3. The number of nitrogens with zero attached hydrogens (tertiary/aromatic N) is 2. The second kappa shape index (κ2) is 8.64. The molecule has 7 nitrogen and oxygen atoms in total. The summed E-state index contributed by atoms with van der Waals surface area (Å²) in [6.45, 7) is -1.10. The third-order valence-electron chi connectivity index (χ3n) is 4.81. The Hall–Kier alpha value is -2.24. The van der Waals surface area contributed by atoms with Crippen molar-refractivity contribution in [3.63, 3.8) is 0 Å². The summed E-state index contributed by atoms with van der Waals surface area (Å²) < 4.78 is 58.2. The molecule has 11 heteroatoms. The number of nitrogens with two attached hydrogens (primary N) is 1. The number of ether oxygens (including phenoxy) is 1. The van der Waals surface area contributed by atoms with E-state index >= 15 is 0 Å². The Balaban J connectivity index is 1.72. The Morgan fingerprint density at radius 1 is 1.38 bits per heavy atom. The predicted molar refractivity (Wildman–Crippen MR) is 96.8 cm³/mol. The summed E-state index contributed by atoms with van der Waals surface area (Å²) >= 11 is 0. The van der Waals surface area contributed by atoms with Gasteiger partial charge in [-0.2, -0.15) is 13.2 Å². The molecule has 3 rings (SSSR count). The van der Waals surface area contributed by atoms with Crippen molar-refractivity contribution >= 4 is 23.2 Å². The predicted octanol–water partition coefficient (Wildman–Crippen LogP) is 1.48. The summed E-state index contributed by atoms with van der Waals surface area (Å²) in [5.41, 5.74) is 5.68. The van der Waals surface area contributed by atoms with Gasteiger partial charge in [-0.25, -0.2) is 4.39 Å². The lowest BCUT2D eigenvalue weighted by Gasteiger charge is -2.31. The van der Waals surface area contributed by atoms with Gasteiger partial charge in [0.1, 0.15) is 18.5 Å². The highest BCUT2D eigenvalue weighted by molar-refractivity contribution is 5.97. The van der Waals surface area contributed by atoms with Crippen LogP contribution in [0.25, 0.3) is 0 Å². The number of benzene rings is 1. The average Bonchev–Trinajstić information content (AvgIpc) is 3.48. The molecule has 0 aromatic heterocycles. The van der Waals surface area contributed by atoms with E-state index in [2.05, 4.69) is 5.32 Å². The van der Waals surface area contributed by atoms with E-state index in [-0.39, 0.29) is 37.3 Å². The highest BCUT2D eigenvalue weighted by atomic mass is 19.4. The van der Waals surface area contributed by atoms with Gasteiger partial charge in [0.25, 0.3) is 5.91 Å². The van der Waals surface area contributed by atoms with Crippen LogP contribution in [-0.2, 0) is 14.3 Å². The molecule has 0 bridgehead atoms. The molecule has 2 amide bonds. The largest absolute Gasteiger partial charge is 0.401 e. The average molecular weight is 418 g/mol. The van der Waals surface area contributed by atoms with Crippen LogP contribution < -0.4 is 16.0 Å². The standard InChI is InChI=1S/C18H22F4N4O3/c19-13-7-12(25-5-6-29-9-16(25)27)3-4-14(13)24-17(28)15(8-23)26(11-1-2-11)10-18(20,21)22/h3-4,7,11,15H,1-2,5-6,8-10,23H2,(H,24,28)/t15-/m0/s1. The van der Waals surface area contributed by atoms with E-state index in [0.29, 0.717) is 25.1 Å². The minimum absolute atomic E-state index is 0.103. The summed E-state index contributed by atoms with van der Waals surface area (Å²) in [5, 5.41) is 2.32. The molecule has 1 saturated carbocycles.